The van der Waals surface area contributed by atoms with Gasteiger partial charge in [-0.05, 0) is 19.8 Å². The van der Waals surface area contributed by atoms with Crippen LogP contribution in [-0.2, 0) is 14.3 Å². The van der Waals surface area contributed by atoms with E-state index < -0.39 is 0 Å². The maximum absolute atomic E-state index is 10.5. The number of unbranched alkanes of at least 4 members (excludes halogenated alkanes) is 1. The SMILES string of the molecule is C=CC(=O)OCCCCOCC. The highest BCUT2D eigenvalue weighted by Crippen LogP contribution is 1.91. The van der Waals surface area contributed by atoms with Gasteiger partial charge in [-0.2, -0.15) is 0 Å². The number of esters is 1. The van der Waals surface area contributed by atoms with Gasteiger partial charge in [0.2, 0.25) is 0 Å². The van der Waals surface area contributed by atoms with Gasteiger partial charge >= 0.3 is 5.97 Å². The van der Waals surface area contributed by atoms with E-state index in [4.69, 9.17) is 9.47 Å². The second-order valence-electron chi connectivity index (χ2n) is 2.28. The summed E-state index contributed by atoms with van der Waals surface area (Å²) in [4.78, 5) is 10.5. The minimum atomic E-state index is -0.355. The van der Waals surface area contributed by atoms with Crippen molar-refractivity contribution in [3.63, 3.8) is 0 Å². The first-order valence-corrected chi connectivity index (χ1v) is 4.18. The quantitative estimate of drug-likeness (QED) is 0.332. The number of hydrogen-bond donors (Lipinski definition) is 0. The predicted octanol–water partition coefficient (Wildman–Crippen LogP) is 1.53. The van der Waals surface area contributed by atoms with E-state index in [2.05, 4.69) is 6.58 Å². The van der Waals surface area contributed by atoms with Crippen LogP contribution < -0.4 is 0 Å². The lowest BCUT2D eigenvalue weighted by Crippen LogP contribution is -2.03. The van der Waals surface area contributed by atoms with Gasteiger partial charge in [0.1, 0.15) is 0 Å². The molecule has 0 spiro atoms. The zero-order chi connectivity index (χ0) is 9.23. The standard InChI is InChI=1S/C9H16O3/c1-3-9(10)12-8-6-5-7-11-4-2/h3H,1,4-8H2,2H3. The van der Waals surface area contributed by atoms with Crippen LogP contribution in [0.5, 0.6) is 0 Å². The van der Waals surface area contributed by atoms with Crippen LogP contribution >= 0.6 is 0 Å². The van der Waals surface area contributed by atoms with Crippen molar-refractivity contribution in [2.75, 3.05) is 19.8 Å². The zero-order valence-electron chi connectivity index (χ0n) is 7.54. The summed E-state index contributed by atoms with van der Waals surface area (Å²) in [6.07, 6.45) is 2.94. The van der Waals surface area contributed by atoms with Gasteiger partial charge in [0.15, 0.2) is 0 Å². The monoisotopic (exact) mass is 172 g/mol. The zero-order valence-corrected chi connectivity index (χ0v) is 7.54. The van der Waals surface area contributed by atoms with Gasteiger partial charge in [0.05, 0.1) is 6.61 Å². The van der Waals surface area contributed by atoms with E-state index in [9.17, 15) is 4.79 Å². The maximum atomic E-state index is 10.5. The molecule has 0 aliphatic heterocycles. The van der Waals surface area contributed by atoms with Crippen LogP contribution in [0.25, 0.3) is 0 Å². The molecule has 3 nitrogen and oxygen atoms in total. The molecule has 0 amide bonds. The number of ether oxygens (including phenoxy) is 2. The molecular weight excluding hydrogens is 156 g/mol. The topological polar surface area (TPSA) is 35.5 Å². The van der Waals surface area contributed by atoms with Crippen molar-refractivity contribution in [2.24, 2.45) is 0 Å². The van der Waals surface area contributed by atoms with Crippen molar-refractivity contribution in [1.82, 2.24) is 0 Å². The molecule has 0 radical (unpaired) electrons. The third kappa shape index (κ3) is 7.28. The molecule has 0 aromatic heterocycles. The van der Waals surface area contributed by atoms with Gasteiger partial charge < -0.3 is 9.47 Å². The summed E-state index contributed by atoms with van der Waals surface area (Å²) in [7, 11) is 0. The molecule has 0 bridgehead atoms. The summed E-state index contributed by atoms with van der Waals surface area (Å²) in [6.45, 7) is 7.18. The minimum absolute atomic E-state index is 0.355. The van der Waals surface area contributed by atoms with Crippen LogP contribution in [0.15, 0.2) is 12.7 Å². The highest BCUT2D eigenvalue weighted by molar-refractivity contribution is 5.81. The average molecular weight is 172 g/mol. The summed E-state index contributed by atoms with van der Waals surface area (Å²) < 4.78 is 9.87. The molecule has 0 aliphatic carbocycles. The smallest absolute Gasteiger partial charge is 0.330 e. The third-order valence-electron chi connectivity index (χ3n) is 1.30. The summed E-state index contributed by atoms with van der Waals surface area (Å²) in [5.41, 5.74) is 0. The highest BCUT2D eigenvalue weighted by atomic mass is 16.5. The fourth-order valence-corrected chi connectivity index (χ4v) is 0.682. The van der Waals surface area contributed by atoms with Crippen molar-refractivity contribution < 1.29 is 14.3 Å². The summed E-state index contributed by atoms with van der Waals surface area (Å²) in [5.74, 6) is -0.355. The lowest BCUT2D eigenvalue weighted by Gasteiger charge is -2.01. The normalized spacial score (nSPS) is 9.42. The van der Waals surface area contributed by atoms with Crippen molar-refractivity contribution in [3.8, 4) is 0 Å². The van der Waals surface area contributed by atoms with Gasteiger partial charge in [0, 0.05) is 19.3 Å². The van der Waals surface area contributed by atoms with Crippen LogP contribution in [0.3, 0.4) is 0 Å². The molecule has 0 aromatic carbocycles. The van der Waals surface area contributed by atoms with Crippen LogP contribution in [0.1, 0.15) is 19.8 Å². The molecule has 0 saturated carbocycles. The Kier molecular flexibility index (Phi) is 7.70. The lowest BCUT2D eigenvalue weighted by atomic mass is 10.3. The summed E-state index contributed by atoms with van der Waals surface area (Å²) in [6, 6.07) is 0. The van der Waals surface area contributed by atoms with E-state index in [1.165, 1.54) is 6.08 Å². The molecule has 12 heavy (non-hydrogen) atoms. The lowest BCUT2D eigenvalue weighted by molar-refractivity contribution is -0.137. The largest absolute Gasteiger partial charge is 0.463 e. The number of carbonyl (C=O) groups is 1. The first-order valence-electron chi connectivity index (χ1n) is 4.18. The molecule has 0 rings (SSSR count). The Bertz CT molecular complexity index is 132. The van der Waals surface area contributed by atoms with E-state index in [-0.39, 0.29) is 5.97 Å². The fraction of sp³-hybridized carbons (Fsp3) is 0.667. The highest BCUT2D eigenvalue weighted by Gasteiger charge is 1.94. The van der Waals surface area contributed by atoms with E-state index >= 15 is 0 Å². The van der Waals surface area contributed by atoms with Crippen molar-refractivity contribution in [3.05, 3.63) is 12.7 Å². The Morgan fingerprint density at radius 2 is 2.08 bits per heavy atom. The van der Waals surface area contributed by atoms with Gasteiger partial charge in [-0.3, -0.25) is 0 Å². The van der Waals surface area contributed by atoms with Gasteiger partial charge in [-0.15, -0.1) is 0 Å². The molecule has 70 valence electrons. The van der Waals surface area contributed by atoms with Crippen molar-refractivity contribution in [2.45, 2.75) is 19.8 Å². The predicted molar refractivity (Wildman–Crippen MR) is 46.9 cm³/mol. The van der Waals surface area contributed by atoms with Crippen LogP contribution in [0, 0.1) is 0 Å². The minimum Gasteiger partial charge on any atom is -0.463 e. The number of carbonyl (C=O) groups excluding carboxylic acids is 1. The van der Waals surface area contributed by atoms with Crippen LogP contribution in [-0.4, -0.2) is 25.8 Å². The van der Waals surface area contributed by atoms with Crippen molar-refractivity contribution in [1.29, 1.82) is 0 Å². The summed E-state index contributed by atoms with van der Waals surface area (Å²) >= 11 is 0. The van der Waals surface area contributed by atoms with Gasteiger partial charge in [-0.25, -0.2) is 4.79 Å². The molecule has 3 heteroatoms. The Balaban J connectivity index is 3.00. The molecule has 0 atom stereocenters. The molecule has 0 unspecified atom stereocenters. The third-order valence-corrected chi connectivity index (χ3v) is 1.30. The maximum Gasteiger partial charge on any atom is 0.330 e. The Morgan fingerprint density at radius 3 is 2.67 bits per heavy atom. The molecule has 0 fully saturated rings. The Morgan fingerprint density at radius 1 is 1.42 bits per heavy atom. The van der Waals surface area contributed by atoms with E-state index in [0.29, 0.717) is 6.61 Å². The molecule has 0 saturated heterocycles. The second kappa shape index (κ2) is 8.27. The second-order valence-corrected chi connectivity index (χ2v) is 2.28. The van der Waals surface area contributed by atoms with E-state index in [1.807, 2.05) is 6.92 Å². The van der Waals surface area contributed by atoms with Crippen LogP contribution in [0.2, 0.25) is 0 Å². The van der Waals surface area contributed by atoms with Gasteiger partial charge in [0.25, 0.3) is 0 Å². The van der Waals surface area contributed by atoms with E-state index in [1.54, 1.807) is 0 Å². The van der Waals surface area contributed by atoms with Crippen molar-refractivity contribution >= 4 is 5.97 Å². The van der Waals surface area contributed by atoms with Crippen LogP contribution in [0.4, 0.5) is 0 Å². The average Bonchev–Trinajstić information content (AvgIpc) is 2.10. The first-order chi connectivity index (χ1) is 5.81. The Hall–Kier alpha value is -0.830. The molecule has 0 heterocycles. The number of hydrogen-bond acceptors (Lipinski definition) is 3. The molecule has 0 aromatic rings. The molecule has 0 aliphatic rings. The fourth-order valence-electron chi connectivity index (χ4n) is 0.682. The van der Waals surface area contributed by atoms with Gasteiger partial charge in [-0.1, -0.05) is 6.58 Å². The number of rotatable bonds is 7. The summed E-state index contributed by atoms with van der Waals surface area (Å²) in [5, 5.41) is 0. The Labute approximate surface area is 73.4 Å². The molecular formula is C9H16O3. The first kappa shape index (κ1) is 11.2. The molecule has 0 N–H and O–H groups in total. The van der Waals surface area contributed by atoms with E-state index in [0.717, 1.165) is 26.1 Å².